The molecule has 1 amide bonds. The van der Waals surface area contributed by atoms with E-state index < -0.39 is 4.92 Å². The minimum Gasteiger partial charge on any atom is -0.375 e. The Morgan fingerprint density at radius 2 is 1.89 bits per heavy atom. The highest BCUT2D eigenvalue weighted by molar-refractivity contribution is 6.05. The molecule has 0 heterocycles. The zero-order chi connectivity index (χ0) is 19.6. The molecule has 0 aliphatic rings. The maximum absolute atomic E-state index is 12.2. The molecule has 0 fully saturated rings. The maximum Gasteiger partial charge on any atom is 0.292 e. The number of benzene rings is 2. The first-order valence-electron chi connectivity index (χ1n) is 8.38. The summed E-state index contributed by atoms with van der Waals surface area (Å²) in [5.41, 5.74) is 2.64. The van der Waals surface area contributed by atoms with Gasteiger partial charge in [0.05, 0.1) is 4.92 Å². The fourth-order valence-corrected chi connectivity index (χ4v) is 2.36. The van der Waals surface area contributed by atoms with Gasteiger partial charge in [-0.3, -0.25) is 14.9 Å². The van der Waals surface area contributed by atoms with Gasteiger partial charge >= 0.3 is 0 Å². The molecule has 0 bridgehead atoms. The summed E-state index contributed by atoms with van der Waals surface area (Å²) in [7, 11) is 0. The van der Waals surface area contributed by atoms with E-state index in [0.717, 1.165) is 5.56 Å². The predicted molar refractivity (Wildman–Crippen MR) is 109 cm³/mol. The molecule has 2 aromatic carbocycles. The van der Waals surface area contributed by atoms with Gasteiger partial charge in [0.15, 0.2) is 0 Å². The smallest absolute Gasteiger partial charge is 0.292 e. The summed E-state index contributed by atoms with van der Waals surface area (Å²) in [5, 5.41) is 16.9. The van der Waals surface area contributed by atoms with E-state index in [4.69, 9.17) is 0 Å². The van der Waals surface area contributed by atoms with Crippen molar-refractivity contribution in [3.8, 4) is 0 Å². The lowest BCUT2D eigenvalue weighted by Crippen LogP contribution is -2.13. The van der Waals surface area contributed by atoms with Crippen LogP contribution in [-0.2, 0) is 11.3 Å². The highest BCUT2D eigenvalue weighted by atomic mass is 16.6. The Kier molecular flexibility index (Phi) is 7.07. The molecule has 6 heteroatoms. The fraction of sp³-hybridized carbons (Fsp3) is 0.0952. The molecule has 138 valence electrons. The minimum atomic E-state index is -0.416. The monoisotopic (exact) mass is 363 g/mol. The Bertz CT molecular complexity index is 884. The lowest BCUT2D eigenvalue weighted by molar-refractivity contribution is -0.384. The number of amides is 1. The Morgan fingerprint density at radius 1 is 1.19 bits per heavy atom. The molecule has 0 atom stereocenters. The first kappa shape index (κ1) is 19.7. The van der Waals surface area contributed by atoms with Crippen LogP contribution in [-0.4, -0.2) is 10.8 Å². The normalized spacial score (nSPS) is 11.2. The molecule has 2 aromatic rings. The van der Waals surface area contributed by atoms with Crippen molar-refractivity contribution >= 4 is 23.0 Å². The molecule has 0 aliphatic carbocycles. The van der Waals surface area contributed by atoms with Crippen molar-refractivity contribution in [3.63, 3.8) is 0 Å². The van der Waals surface area contributed by atoms with E-state index in [-0.39, 0.29) is 11.6 Å². The molecule has 27 heavy (non-hydrogen) atoms. The summed E-state index contributed by atoms with van der Waals surface area (Å²) in [6.45, 7) is 5.81. The van der Waals surface area contributed by atoms with Crippen LogP contribution in [0.15, 0.2) is 85.0 Å². The van der Waals surface area contributed by atoms with Gasteiger partial charge < -0.3 is 10.6 Å². The maximum atomic E-state index is 12.2. The highest BCUT2D eigenvalue weighted by Gasteiger charge is 2.11. The van der Waals surface area contributed by atoms with Gasteiger partial charge in [0.1, 0.15) is 5.69 Å². The van der Waals surface area contributed by atoms with Gasteiger partial charge in [-0.2, -0.15) is 0 Å². The number of allylic oxidation sites excluding steroid dienone is 3. The van der Waals surface area contributed by atoms with Gasteiger partial charge in [0.2, 0.25) is 0 Å². The molecule has 0 saturated carbocycles. The van der Waals surface area contributed by atoms with Crippen molar-refractivity contribution in [1.29, 1.82) is 0 Å². The predicted octanol–water partition coefficient (Wildman–Crippen LogP) is 4.83. The molecule has 6 nitrogen and oxygen atoms in total. The first-order valence-corrected chi connectivity index (χ1v) is 8.38. The second-order valence-corrected chi connectivity index (χ2v) is 5.62. The van der Waals surface area contributed by atoms with E-state index in [0.29, 0.717) is 23.5 Å². The highest BCUT2D eigenvalue weighted by Crippen LogP contribution is 2.24. The van der Waals surface area contributed by atoms with Crippen LogP contribution in [0.2, 0.25) is 0 Å². The van der Waals surface area contributed by atoms with E-state index in [1.807, 2.05) is 12.1 Å². The van der Waals surface area contributed by atoms with Crippen LogP contribution >= 0.6 is 0 Å². The zero-order valence-electron chi connectivity index (χ0n) is 15.0. The second-order valence-electron chi connectivity index (χ2n) is 5.62. The molecule has 0 saturated heterocycles. The van der Waals surface area contributed by atoms with Crippen LogP contribution < -0.4 is 10.6 Å². The number of hydrogen-bond acceptors (Lipinski definition) is 4. The Hall–Kier alpha value is -3.67. The fourth-order valence-electron chi connectivity index (χ4n) is 2.36. The van der Waals surface area contributed by atoms with Crippen molar-refractivity contribution in [2.75, 3.05) is 10.6 Å². The SMILES string of the molecule is C=C/C=C\C(=C/C)C(=O)Nc1ccc(CNc2ccccc2[N+](=O)[O-])cc1. The number of hydrogen-bond donors (Lipinski definition) is 2. The lowest BCUT2D eigenvalue weighted by atomic mass is 10.1. The number of anilines is 2. The van der Waals surface area contributed by atoms with Gasteiger partial charge in [-0.25, -0.2) is 0 Å². The molecule has 0 unspecified atom stereocenters. The van der Waals surface area contributed by atoms with Crippen LogP contribution in [0.3, 0.4) is 0 Å². The van der Waals surface area contributed by atoms with E-state index >= 15 is 0 Å². The van der Waals surface area contributed by atoms with E-state index in [2.05, 4.69) is 17.2 Å². The first-order chi connectivity index (χ1) is 13.0. The van der Waals surface area contributed by atoms with Crippen LogP contribution in [0.25, 0.3) is 0 Å². The van der Waals surface area contributed by atoms with Gasteiger partial charge in [-0.05, 0) is 36.8 Å². The van der Waals surface area contributed by atoms with Gasteiger partial charge in [0, 0.05) is 23.9 Å². The molecule has 0 aliphatic heterocycles. The number of para-hydroxylation sites is 2. The van der Waals surface area contributed by atoms with Crippen LogP contribution in [0.1, 0.15) is 12.5 Å². The Morgan fingerprint density at radius 3 is 2.52 bits per heavy atom. The molecule has 0 aromatic heterocycles. The zero-order valence-corrected chi connectivity index (χ0v) is 15.0. The third kappa shape index (κ3) is 5.67. The summed E-state index contributed by atoms with van der Waals surface area (Å²) < 4.78 is 0. The number of carbonyl (C=O) groups is 1. The quantitative estimate of drug-likeness (QED) is 0.304. The molecule has 2 N–H and O–H groups in total. The van der Waals surface area contributed by atoms with Gasteiger partial charge in [-0.1, -0.05) is 49.1 Å². The van der Waals surface area contributed by atoms with Gasteiger partial charge in [-0.15, -0.1) is 0 Å². The third-order valence-electron chi connectivity index (χ3n) is 3.78. The number of carbonyl (C=O) groups excluding carboxylic acids is 1. The number of nitro groups is 1. The van der Waals surface area contributed by atoms with Crippen LogP contribution in [0.4, 0.5) is 17.1 Å². The molecule has 0 radical (unpaired) electrons. The van der Waals surface area contributed by atoms with E-state index in [1.165, 1.54) is 6.07 Å². The lowest BCUT2D eigenvalue weighted by Gasteiger charge is -2.09. The summed E-state index contributed by atoms with van der Waals surface area (Å²) in [6, 6.07) is 13.8. The van der Waals surface area contributed by atoms with Crippen molar-refractivity contribution in [3.05, 3.63) is 101 Å². The average Bonchev–Trinajstić information content (AvgIpc) is 2.68. The molecule has 2 rings (SSSR count). The minimum absolute atomic E-state index is 0.0350. The van der Waals surface area contributed by atoms with Crippen molar-refractivity contribution < 1.29 is 9.72 Å². The standard InChI is InChI=1S/C21H21N3O3/c1-3-5-8-17(4-2)21(25)23-18-13-11-16(12-14-18)15-22-19-9-6-7-10-20(19)24(26)27/h3-14,22H,1,15H2,2H3,(H,23,25)/b8-5-,17-4+. The summed E-state index contributed by atoms with van der Waals surface area (Å²) in [5.74, 6) is -0.207. The van der Waals surface area contributed by atoms with E-state index in [1.54, 1.807) is 61.6 Å². The van der Waals surface area contributed by atoms with Crippen molar-refractivity contribution in [1.82, 2.24) is 0 Å². The topological polar surface area (TPSA) is 84.3 Å². The second kappa shape index (κ2) is 9.72. The van der Waals surface area contributed by atoms with Crippen molar-refractivity contribution in [2.24, 2.45) is 0 Å². The van der Waals surface area contributed by atoms with Crippen molar-refractivity contribution in [2.45, 2.75) is 13.5 Å². The summed E-state index contributed by atoms with van der Waals surface area (Å²) >= 11 is 0. The van der Waals surface area contributed by atoms with Gasteiger partial charge in [0.25, 0.3) is 11.6 Å². The number of nitro benzene ring substituents is 1. The average molecular weight is 363 g/mol. The number of nitrogens with zero attached hydrogens (tertiary/aromatic N) is 1. The number of nitrogens with one attached hydrogen (secondary N) is 2. The van der Waals surface area contributed by atoms with Crippen LogP contribution in [0.5, 0.6) is 0 Å². The Balaban J connectivity index is 1.99. The Labute approximate surface area is 158 Å². The molecule has 0 spiro atoms. The molecular formula is C21H21N3O3. The molecular weight excluding hydrogens is 342 g/mol. The summed E-state index contributed by atoms with van der Waals surface area (Å²) in [6.07, 6.45) is 6.72. The number of rotatable bonds is 8. The summed E-state index contributed by atoms with van der Waals surface area (Å²) in [4.78, 5) is 22.8. The van der Waals surface area contributed by atoms with Crippen LogP contribution in [0, 0.1) is 10.1 Å². The third-order valence-corrected chi connectivity index (χ3v) is 3.78. The van der Waals surface area contributed by atoms with E-state index in [9.17, 15) is 14.9 Å². The largest absolute Gasteiger partial charge is 0.375 e.